The lowest BCUT2D eigenvalue weighted by Gasteiger charge is -2.06. The second-order valence-electron chi connectivity index (χ2n) is 4.28. The van der Waals surface area contributed by atoms with Crippen molar-refractivity contribution in [2.45, 2.75) is 13.8 Å². The fourth-order valence-corrected chi connectivity index (χ4v) is 1.68. The summed E-state index contributed by atoms with van der Waals surface area (Å²) in [6.45, 7) is 3.71. The highest BCUT2D eigenvalue weighted by Crippen LogP contribution is 2.12. The van der Waals surface area contributed by atoms with E-state index in [0.717, 1.165) is 5.69 Å². The Balaban J connectivity index is 2.22. The third kappa shape index (κ3) is 2.89. The van der Waals surface area contributed by atoms with E-state index >= 15 is 0 Å². The lowest BCUT2D eigenvalue weighted by atomic mass is 10.2. The van der Waals surface area contributed by atoms with Gasteiger partial charge in [-0.15, -0.1) is 0 Å². The molecule has 0 fully saturated rings. The van der Waals surface area contributed by atoms with E-state index in [4.69, 9.17) is 5.84 Å². The van der Waals surface area contributed by atoms with Gasteiger partial charge >= 0.3 is 0 Å². The molecule has 0 aliphatic carbocycles. The van der Waals surface area contributed by atoms with Crippen LogP contribution in [0.1, 0.15) is 21.7 Å². The topological polar surface area (TPSA) is 97.9 Å². The van der Waals surface area contributed by atoms with Gasteiger partial charge in [0.1, 0.15) is 5.82 Å². The summed E-state index contributed by atoms with van der Waals surface area (Å²) in [6, 6.07) is 5.07. The molecule has 0 bridgehead atoms. The van der Waals surface area contributed by atoms with E-state index in [0.29, 0.717) is 22.9 Å². The van der Waals surface area contributed by atoms with Crippen LogP contribution in [-0.2, 0) is 7.05 Å². The Morgan fingerprint density at radius 1 is 1.26 bits per heavy atom. The van der Waals surface area contributed by atoms with Gasteiger partial charge in [0, 0.05) is 30.1 Å². The highest BCUT2D eigenvalue weighted by molar-refractivity contribution is 6.04. The molecule has 2 aromatic heterocycles. The van der Waals surface area contributed by atoms with E-state index in [2.05, 4.69) is 20.8 Å². The number of hydrogen-bond donors (Lipinski definition) is 3. The van der Waals surface area contributed by atoms with Gasteiger partial charge in [-0.3, -0.25) is 9.48 Å². The Kier molecular flexibility index (Phi) is 3.48. The molecule has 2 heterocycles. The number of hydrazine groups is 1. The van der Waals surface area contributed by atoms with Gasteiger partial charge in [0.05, 0.1) is 0 Å². The first kappa shape index (κ1) is 13.0. The first-order valence-corrected chi connectivity index (χ1v) is 5.77. The molecule has 19 heavy (non-hydrogen) atoms. The fraction of sp³-hybridized carbons (Fsp3) is 0.250. The van der Waals surface area contributed by atoms with E-state index in [1.54, 1.807) is 29.8 Å². The van der Waals surface area contributed by atoms with Crippen molar-refractivity contribution >= 4 is 17.5 Å². The van der Waals surface area contributed by atoms with Crippen LogP contribution in [0.4, 0.5) is 11.6 Å². The summed E-state index contributed by atoms with van der Waals surface area (Å²) in [5.74, 6) is 6.02. The summed E-state index contributed by atoms with van der Waals surface area (Å²) in [7, 11) is 1.82. The quantitative estimate of drug-likeness (QED) is 0.564. The second kappa shape index (κ2) is 5.07. The molecule has 0 unspecified atom stereocenters. The molecule has 0 atom stereocenters. The molecule has 2 aromatic rings. The average molecular weight is 260 g/mol. The largest absolute Gasteiger partial charge is 0.308 e. The van der Waals surface area contributed by atoms with E-state index < -0.39 is 0 Å². The highest BCUT2D eigenvalue weighted by Gasteiger charge is 2.11. The molecule has 0 radical (unpaired) electrons. The average Bonchev–Trinajstić information content (AvgIpc) is 2.67. The molecule has 0 saturated carbocycles. The SMILES string of the molecule is Cc1cc(C(=O)Nc2cc(C)n(C)n2)cc(NN)n1. The number of nitrogens with zero attached hydrogens (tertiary/aromatic N) is 3. The predicted octanol–water partition coefficient (Wildman–Crippen LogP) is 0.970. The van der Waals surface area contributed by atoms with Crippen molar-refractivity contribution in [1.29, 1.82) is 0 Å². The number of nitrogens with two attached hydrogens (primary N) is 1. The third-order valence-corrected chi connectivity index (χ3v) is 2.72. The maximum Gasteiger partial charge on any atom is 0.257 e. The summed E-state index contributed by atoms with van der Waals surface area (Å²) >= 11 is 0. The summed E-state index contributed by atoms with van der Waals surface area (Å²) < 4.78 is 1.69. The number of rotatable bonds is 3. The van der Waals surface area contributed by atoms with Gasteiger partial charge < -0.3 is 10.7 Å². The Morgan fingerprint density at radius 2 is 2.00 bits per heavy atom. The number of carbonyl (C=O) groups is 1. The first-order chi connectivity index (χ1) is 8.99. The second-order valence-corrected chi connectivity index (χ2v) is 4.28. The van der Waals surface area contributed by atoms with Crippen LogP contribution in [0, 0.1) is 13.8 Å². The Morgan fingerprint density at radius 3 is 2.58 bits per heavy atom. The van der Waals surface area contributed by atoms with Gasteiger partial charge in [0.25, 0.3) is 5.91 Å². The van der Waals surface area contributed by atoms with Crippen LogP contribution >= 0.6 is 0 Å². The normalized spacial score (nSPS) is 10.3. The maximum absolute atomic E-state index is 12.1. The van der Waals surface area contributed by atoms with Gasteiger partial charge in [-0.1, -0.05) is 0 Å². The van der Waals surface area contributed by atoms with Gasteiger partial charge in [-0.05, 0) is 26.0 Å². The molecule has 0 saturated heterocycles. The number of anilines is 2. The number of nitrogens with one attached hydrogen (secondary N) is 2. The van der Waals surface area contributed by atoms with Crippen LogP contribution in [0.5, 0.6) is 0 Å². The Bertz CT molecular complexity index is 599. The van der Waals surface area contributed by atoms with Crippen LogP contribution in [0.3, 0.4) is 0 Å². The number of carbonyl (C=O) groups excluding carboxylic acids is 1. The molecule has 0 aliphatic rings. The molecule has 4 N–H and O–H groups in total. The zero-order valence-corrected chi connectivity index (χ0v) is 11.1. The van der Waals surface area contributed by atoms with Gasteiger partial charge in [0.2, 0.25) is 0 Å². The standard InChI is InChI=1S/C12H16N6O/c1-7-4-9(6-10(14-7)16-13)12(19)15-11-5-8(2)18(3)17-11/h4-6H,13H2,1-3H3,(H,14,16)(H,15,17,19). The summed E-state index contributed by atoms with van der Waals surface area (Å²) in [5.41, 5.74) is 4.57. The van der Waals surface area contributed by atoms with Crippen LogP contribution in [0.2, 0.25) is 0 Å². The Hall–Kier alpha value is -2.41. The molecule has 2 rings (SSSR count). The smallest absolute Gasteiger partial charge is 0.257 e. The van der Waals surface area contributed by atoms with E-state index in [1.807, 2.05) is 14.0 Å². The lowest BCUT2D eigenvalue weighted by molar-refractivity contribution is 0.102. The van der Waals surface area contributed by atoms with Crippen molar-refractivity contribution in [3.8, 4) is 0 Å². The zero-order chi connectivity index (χ0) is 14.0. The molecular weight excluding hydrogens is 244 g/mol. The fourth-order valence-electron chi connectivity index (χ4n) is 1.68. The monoisotopic (exact) mass is 260 g/mol. The van der Waals surface area contributed by atoms with Crippen LogP contribution in [0.25, 0.3) is 0 Å². The van der Waals surface area contributed by atoms with Crippen molar-refractivity contribution in [3.63, 3.8) is 0 Å². The van der Waals surface area contributed by atoms with E-state index in [-0.39, 0.29) is 5.91 Å². The molecule has 7 nitrogen and oxygen atoms in total. The van der Waals surface area contributed by atoms with Crippen molar-refractivity contribution in [3.05, 3.63) is 35.2 Å². The minimum atomic E-state index is -0.250. The number of amides is 1. The maximum atomic E-state index is 12.1. The minimum absolute atomic E-state index is 0.250. The number of hydrogen-bond acceptors (Lipinski definition) is 5. The van der Waals surface area contributed by atoms with E-state index in [1.165, 1.54) is 0 Å². The Labute approximate surface area is 110 Å². The lowest BCUT2D eigenvalue weighted by Crippen LogP contribution is -2.15. The first-order valence-electron chi connectivity index (χ1n) is 5.77. The van der Waals surface area contributed by atoms with Crippen LogP contribution in [0.15, 0.2) is 18.2 Å². The van der Waals surface area contributed by atoms with Crippen LogP contribution < -0.4 is 16.6 Å². The molecule has 7 heteroatoms. The number of pyridine rings is 1. The summed E-state index contributed by atoms with van der Waals surface area (Å²) in [5, 5.41) is 6.90. The molecule has 1 amide bonds. The number of aryl methyl sites for hydroxylation is 3. The zero-order valence-electron chi connectivity index (χ0n) is 11.1. The summed E-state index contributed by atoms with van der Waals surface area (Å²) in [4.78, 5) is 16.2. The van der Waals surface area contributed by atoms with Crippen molar-refractivity contribution in [2.24, 2.45) is 12.9 Å². The highest BCUT2D eigenvalue weighted by atomic mass is 16.1. The van der Waals surface area contributed by atoms with Gasteiger partial charge in [-0.2, -0.15) is 5.10 Å². The summed E-state index contributed by atoms with van der Waals surface area (Å²) in [6.07, 6.45) is 0. The van der Waals surface area contributed by atoms with Gasteiger partial charge in [0.15, 0.2) is 5.82 Å². The van der Waals surface area contributed by atoms with Crippen LogP contribution in [-0.4, -0.2) is 20.7 Å². The molecular formula is C12H16N6O. The van der Waals surface area contributed by atoms with E-state index in [9.17, 15) is 4.79 Å². The molecule has 0 aromatic carbocycles. The predicted molar refractivity (Wildman–Crippen MR) is 72.7 cm³/mol. The van der Waals surface area contributed by atoms with Crippen molar-refractivity contribution < 1.29 is 4.79 Å². The number of aromatic nitrogens is 3. The third-order valence-electron chi connectivity index (χ3n) is 2.72. The van der Waals surface area contributed by atoms with Crippen molar-refractivity contribution in [1.82, 2.24) is 14.8 Å². The molecule has 100 valence electrons. The molecule has 0 aliphatic heterocycles. The minimum Gasteiger partial charge on any atom is -0.308 e. The van der Waals surface area contributed by atoms with Gasteiger partial charge in [-0.25, -0.2) is 10.8 Å². The molecule has 0 spiro atoms. The van der Waals surface area contributed by atoms with Crippen molar-refractivity contribution in [2.75, 3.05) is 10.7 Å². The number of nitrogen functional groups attached to an aromatic ring is 1.